The number of carbonyl (C=O) groups excluding carboxylic acids is 1. The van der Waals surface area contributed by atoms with Gasteiger partial charge in [0.25, 0.3) is 0 Å². The zero-order valence-corrected chi connectivity index (χ0v) is 12.9. The van der Waals surface area contributed by atoms with Gasteiger partial charge in [-0.1, -0.05) is 0 Å². The molecule has 3 rings (SSSR count). The molecule has 2 aromatic heterocycles. The maximum atomic E-state index is 12.2. The maximum Gasteiger partial charge on any atom is 0.246 e. The Hall–Kier alpha value is -2.50. The summed E-state index contributed by atoms with van der Waals surface area (Å²) in [7, 11) is 0. The average Bonchev–Trinajstić information content (AvgIpc) is 3.15. The molecule has 22 heavy (non-hydrogen) atoms. The van der Waals surface area contributed by atoms with Gasteiger partial charge in [-0.3, -0.25) is 9.89 Å². The third-order valence-corrected chi connectivity index (χ3v) is 3.93. The number of aromatic nitrogens is 2. The van der Waals surface area contributed by atoms with Gasteiger partial charge in [-0.15, -0.1) is 0 Å². The van der Waals surface area contributed by atoms with E-state index >= 15 is 0 Å². The van der Waals surface area contributed by atoms with Crippen LogP contribution in [-0.2, 0) is 4.79 Å². The summed E-state index contributed by atoms with van der Waals surface area (Å²) in [6.45, 7) is 7.10. The number of nitrogens with one attached hydrogen (secondary N) is 1. The molecule has 0 unspecified atom stereocenters. The fourth-order valence-corrected chi connectivity index (χ4v) is 2.81. The summed E-state index contributed by atoms with van der Waals surface area (Å²) in [5, 5.41) is 7.24. The fraction of sp³-hybridized carbons (Fsp3) is 0.375. The van der Waals surface area contributed by atoms with Gasteiger partial charge in [0, 0.05) is 32.3 Å². The van der Waals surface area contributed by atoms with Crippen molar-refractivity contribution in [3.05, 3.63) is 41.6 Å². The van der Waals surface area contributed by atoms with Gasteiger partial charge in [0.15, 0.2) is 0 Å². The normalized spacial score (nSPS) is 15.7. The number of piperazine rings is 1. The minimum atomic E-state index is 0.0247. The lowest BCUT2D eigenvalue weighted by atomic mass is 10.2. The first-order chi connectivity index (χ1) is 10.6. The van der Waals surface area contributed by atoms with Crippen molar-refractivity contribution in [2.75, 3.05) is 31.1 Å². The number of aromatic amines is 1. The van der Waals surface area contributed by atoms with Crippen molar-refractivity contribution in [1.29, 1.82) is 0 Å². The van der Waals surface area contributed by atoms with Gasteiger partial charge >= 0.3 is 0 Å². The highest BCUT2D eigenvalue weighted by molar-refractivity contribution is 5.91. The highest BCUT2D eigenvalue weighted by atomic mass is 16.3. The first kappa shape index (κ1) is 14.4. The van der Waals surface area contributed by atoms with Gasteiger partial charge in [0.05, 0.1) is 23.3 Å². The Morgan fingerprint density at radius 1 is 1.32 bits per heavy atom. The van der Waals surface area contributed by atoms with Crippen LogP contribution in [0.25, 0.3) is 6.08 Å². The van der Waals surface area contributed by atoms with E-state index in [2.05, 4.69) is 15.1 Å². The molecule has 0 saturated carbocycles. The Bertz CT molecular complexity index is 645. The summed E-state index contributed by atoms with van der Waals surface area (Å²) in [4.78, 5) is 16.3. The Balaban J connectivity index is 1.59. The SMILES string of the molecule is Cc1n[nH]c(C)c1N1CCN(C(=O)/C=C/c2ccco2)CC1. The molecule has 6 heteroatoms. The van der Waals surface area contributed by atoms with Crippen molar-refractivity contribution in [3.63, 3.8) is 0 Å². The molecule has 6 nitrogen and oxygen atoms in total. The van der Waals surface area contributed by atoms with Crippen LogP contribution in [0.15, 0.2) is 28.9 Å². The minimum Gasteiger partial charge on any atom is -0.465 e. The van der Waals surface area contributed by atoms with Crippen LogP contribution < -0.4 is 4.90 Å². The van der Waals surface area contributed by atoms with Gasteiger partial charge in [-0.25, -0.2) is 0 Å². The second-order valence-electron chi connectivity index (χ2n) is 5.44. The molecule has 2 aromatic rings. The summed E-state index contributed by atoms with van der Waals surface area (Å²) in [5.74, 6) is 0.716. The highest BCUT2D eigenvalue weighted by Gasteiger charge is 2.22. The van der Waals surface area contributed by atoms with Crippen LogP contribution in [0.4, 0.5) is 5.69 Å². The predicted octanol–water partition coefficient (Wildman–Crippen LogP) is 1.98. The lowest BCUT2D eigenvalue weighted by Gasteiger charge is -2.35. The van der Waals surface area contributed by atoms with Crippen LogP contribution >= 0.6 is 0 Å². The number of furan rings is 1. The van der Waals surface area contributed by atoms with Crippen molar-refractivity contribution < 1.29 is 9.21 Å². The van der Waals surface area contributed by atoms with E-state index in [4.69, 9.17) is 4.42 Å². The first-order valence-electron chi connectivity index (χ1n) is 7.42. The van der Waals surface area contributed by atoms with Crippen LogP contribution in [0.5, 0.6) is 0 Å². The molecule has 1 N–H and O–H groups in total. The summed E-state index contributed by atoms with van der Waals surface area (Å²) in [6.07, 6.45) is 4.88. The Morgan fingerprint density at radius 3 is 2.68 bits per heavy atom. The average molecular weight is 300 g/mol. The Morgan fingerprint density at radius 2 is 2.09 bits per heavy atom. The number of nitrogens with zero attached hydrogens (tertiary/aromatic N) is 3. The third kappa shape index (κ3) is 2.90. The predicted molar refractivity (Wildman–Crippen MR) is 84.6 cm³/mol. The monoisotopic (exact) mass is 300 g/mol. The van der Waals surface area contributed by atoms with E-state index in [0.29, 0.717) is 18.8 Å². The molecule has 1 saturated heterocycles. The molecule has 1 aliphatic heterocycles. The quantitative estimate of drug-likeness (QED) is 0.880. The molecule has 0 radical (unpaired) electrons. The van der Waals surface area contributed by atoms with E-state index in [1.807, 2.05) is 24.8 Å². The molecule has 1 fully saturated rings. The topological polar surface area (TPSA) is 65.4 Å². The zero-order chi connectivity index (χ0) is 15.5. The molecular formula is C16H20N4O2. The first-order valence-corrected chi connectivity index (χ1v) is 7.42. The smallest absolute Gasteiger partial charge is 0.246 e. The maximum absolute atomic E-state index is 12.2. The van der Waals surface area contributed by atoms with Crippen LogP contribution in [0.3, 0.4) is 0 Å². The molecule has 3 heterocycles. The van der Waals surface area contributed by atoms with Crippen LogP contribution in [0, 0.1) is 13.8 Å². The number of amides is 1. The molecule has 116 valence electrons. The molecule has 0 bridgehead atoms. The lowest BCUT2D eigenvalue weighted by Crippen LogP contribution is -2.48. The summed E-state index contributed by atoms with van der Waals surface area (Å²) in [6, 6.07) is 3.63. The number of H-pyrrole nitrogens is 1. The molecule has 0 aromatic carbocycles. The number of hydrogen-bond donors (Lipinski definition) is 1. The van der Waals surface area contributed by atoms with Gasteiger partial charge in [-0.2, -0.15) is 5.10 Å². The summed E-state index contributed by atoms with van der Waals surface area (Å²) >= 11 is 0. The number of anilines is 1. The summed E-state index contributed by atoms with van der Waals surface area (Å²) in [5.41, 5.74) is 3.25. The minimum absolute atomic E-state index is 0.0247. The Labute approximate surface area is 129 Å². The Kier molecular flexibility index (Phi) is 4.00. The zero-order valence-electron chi connectivity index (χ0n) is 12.9. The summed E-state index contributed by atoms with van der Waals surface area (Å²) < 4.78 is 5.19. The van der Waals surface area contributed by atoms with Crippen LogP contribution in [0.2, 0.25) is 0 Å². The van der Waals surface area contributed by atoms with E-state index in [-0.39, 0.29) is 5.91 Å². The fourth-order valence-electron chi connectivity index (χ4n) is 2.81. The second kappa shape index (κ2) is 6.09. The van der Waals surface area contributed by atoms with Gasteiger partial charge in [0.2, 0.25) is 5.91 Å². The van der Waals surface area contributed by atoms with Crippen LogP contribution in [0.1, 0.15) is 17.1 Å². The molecule has 0 aliphatic carbocycles. The number of carbonyl (C=O) groups is 1. The molecule has 0 atom stereocenters. The molecule has 1 aliphatic rings. The van der Waals surface area contributed by atoms with Crippen molar-refractivity contribution in [2.45, 2.75) is 13.8 Å². The number of hydrogen-bond acceptors (Lipinski definition) is 4. The van der Waals surface area contributed by atoms with Crippen molar-refractivity contribution in [2.24, 2.45) is 0 Å². The van der Waals surface area contributed by atoms with E-state index < -0.39 is 0 Å². The molecular weight excluding hydrogens is 280 g/mol. The van der Waals surface area contributed by atoms with Crippen LogP contribution in [-0.4, -0.2) is 47.2 Å². The van der Waals surface area contributed by atoms with Gasteiger partial charge in [0.1, 0.15) is 5.76 Å². The molecule has 0 spiro atoms. The largest absolute Gasteiger partial charge is 0.465 e. The van der Waals surface area contributed by atoms with Gasteiger partial charge < -0.3 is 14.2 Å². The van der Waals surface area contributed by atoms with E-state index in [1.54, 1.807) is 24.5 Å². The number of aryl methyl sites for hydroxylation is 2. The molecule has 1 amide bonds. The van der Waals surface area contributed by atoms with E-state index in [1.165, 1.54) is 5.69 Å². The lowest BCUT2D eigenvalue weighted by molar-refractivity contribution is -0.126. The van der Waals surface area contributed by atoms with Crippen molar-refractivity contribution >= 4 is 17.7 Å². The third-order valence-electron chi connectivity index (χ3n) is 3.93. The van der Waals surface area contributed by atoms with Crippen molar-refractivity contribution in [3.8, 4) is 0 Å². The van der Waals surface area contributed by atoms with E-state index in [9.17, 15) is 4.79 Å². The number of rotatable bonds is 3. The van der Waals surface area contributed by atoms with E-state index in [0.717, 1.165) is 24.5 Å². The second-order valence-corrected chi connectivity index (χ2v) is 5.44. The standard InChI is InChI=1S/C16H20N4O2/c1-12-16(13(2)18-17-12)20-9-7-19(8-10-20)15(21)6-5-14-4-3-11-22-14/h3-6,11H,7-10H2,1-2H3,(H,17,18)/b6-5+. The van der Waals surface area contributed by atoms with Crippen molar-refractivity contribution in [1.82, 2.24) is 15.1 Å². The highest BCUT2D eigenvalue weighted by Crippen LogP contribution is 2.23. The van der Waals surface area contributed by atoms with Gasteiger partial charge in [-0.05, 0) is 32.1 Å².